The van der Waals surface area contributed by atoms with E-state index in [0.717, 1.165) is 11.1 Å². The number of benzene rings is 2. The summed E-state index contributed by atoms with van der Waals surface area (Å²) in [6, 6.07) is 11.4. The van der Waals surface area contributed by atoms with Gasteiger partial charge in [0.05, 0.1) is 4.92 Å². The minimum atomic E-state index is -0.523. The predicted molar refractivity (Wildman–Crippen MR) is 99.4 cm³/mol. The molecule has 0 unspecified atom stereocenters. The van der Waals surface area contributed by atoms with Crippen molar-refractivity contribution < 1.29 is 14.5 Å². The summed E-state index contributed by atoms with van der Waals surface area (Å²) < 4.78 is 0. The zero-order chi connectivity index (χ0) is 19.3. The summed E-state index contributed by atoms with van der Waals surface area (Å²) in [6.07, 6.45) is 1.40. The highest BCUT2D eigenvalue weighted by Crippen LogP contribution is 2.17. The number of carbonyl (C=O) groups excluding carboxylic acids is 2. The molecule has 2 N–H and O–H groups in total. The lowest BCUT2D eigenvalue weighted by Gasteiger charge is -2.11. The lowest BCUT2D eigenvalue weighted by Crippen LogP contribution is -2.29. The predicted octanol–water partition coefficient (Wildman–Crippen LogP) is 3.33. The molecule has 0 aliphatic carbocycles. The van der Waals surface area contributed by atoms with Crippen molar-refractivity contribution in [2.75, 3.05) is 5.32 Å². The molecular weight excluding hydrogens is 334 g/mol. The van der Waals surface area contributed by atoms with E-state index in [2.05, 4.69) is 10.6 Å². The number of nitro groups is 1. The van der Waals surface area contributed by atoms with Crippen molar-refractivity contribution in [3.05, 3.63) is 75.0 Å². The summed E-state index contributed by atoms with van der Waals surface area (Å²) in [7, 11) is 0. The molecule has 0 aliphatic heterocycles. The number of amides is 2. The lowest BCUT2D eigenvalue weighted by molar-refractivity contribution is -0.384. The van der Waals surface area contributed by atoms with Gasteiger partial charge in [0, 0.05) is 24.7 Å². The number of hydrogen-bond acceptors (Lipinski definition) is 4. The summed E-state index contributed by atoms with van der Waals surface area (Å²) in [5.41, 5.74) is 2.90. The second-order valence-corrected chi connectivity index (χ2v) is 5.92. The molecule has 0 saturated heterocycles. The number of nitro benzene ring substituents is 1. The molecule has 0 spiro atoms. The topological polar surface area (TPSA) is 101 Å². The van der Waals surface area contributed by atoms with Crippen molar-refractivity contribution in [3.63, 3.8) is 0 Å². The third kappa shape index (κ3) is 5.27. The average Bonchev–Trinajstić information content (AvgIpc) is 2.53. The van der Waals surface area contributed by atoms with Crippen LogP contribution < -0.4 is 10.6 Å². The van der Waals surface area contributed by atoms with E-state index in [0.29, 0.717) is 11.3 Å². The largest absolute Gasteiger partial charge is 0.322 e. The Kier molecular flexibility index (Phi) is 5.85. The number of carbonyl (C=O) groups is 2. The fourth-order valence-corrected chi connectivity index (χ4v) is 2.49. The number of nitrogens with zero attached hydrogens (tertiary/aromatic N) is 1. The molecule has 2 rings (SSSR count). The monoisotopic (exact) mass is 353 g/mol. The van der Waals surface area contributed by atoms with Gasteiger partial charge in [-0.25, -0.2) is 0 Å². The van der Waals surface area contributed by atoms with Crippen LogP contribution in [-0.4, -0.2) is 16.7 Å². The van der Waals surface area contributed by atoms with Gasteiger partial charge in [0.25, 0.3) is 11.6 Å². The number of aryl methyl sites for hydroxylation is 2. The van der Waals surface area contributed by atoms with Crippen LogP contribution in [0.5, 0.6) is 0 Å². The van der Waals surface area contributed by atoms with Crippen molar-refractivity contribution >= 4 is 29.3 Å². The van der Waals surface area contributed by atoms with Crippen LogP contribution in [0.4, 0.5) is 11.4 Å². The number of hydrogen-bond donors (Lipinski definition) is 2. The van der Waals surface area contributed by atoms with Crippen LogP contribution in [0.25, 0.3) is 6.08 Å². The smallest absolute Gasteiger partial charge is 0.272 e. The fourth-order valence-electron chi connectivity index (χ4n) is 2.49. The maximum Gasteiger partial charge on any atom is 0.272 e. The molecule has 0 aromatic heterocycles. The van der Waals surface area contributed by atoms with Crippen LogP contribution >= 0.6 is 0 Å². The molecular formula is C19H19N3O4. The van der Waals surface area contributed by atoms with Crippen LogP contribution in [0.15, 0.2) is 48.2 Å². The number of nitrogens with one attached hydrogen (secondary N) is 2. The van der Waals surface area contributed by atoms with E-state index in [1.807, 2.05) is 32.0 Å². The highest BCUT2D eigenvalue weighted by atomic mass is 16.6. The maximum atomic E-state index is 12.6. The van der Waals surface area contributed by atoms with Gasteiger partial charge in [-0.1, -0.05) is 18.2 Å². The van der Waals surface area contributed by atoms with Gasteiger partial charge in [0.1, 0.15) is 5.70 Å². The van der Waals surface area contributed by atoms with Gasteiger partial charge in [0.15, 0.2) is 0 Å². The second kappa shape index (κ2) is 8.06. The molecule has 0 bridgehead atoms. The fraction of sp³-hybridized carbons (Fsp3) is 0.158. The summed E-state index contributed by atoms with van der Waals surface area (Å²) >= 11 is 0. The van der Waals surface area contributed by atoms with Crippen LogP contribution in [-0.2, 0) is 9.59 Å². The Labute approximate surface area is 150 Å². The summed E-state index contributed by atoms with van der Waals surface area (Å²) in [6.45, 7) is 5.11. The normalized spacial score (nSPS) is 11.0. The molecule has 2 aromatic rings. The first-order valence-electron chi connectivity index (χ1n) is 7.88. The third-order valence-corrected chi connectivity index (χ3v) is 3.43. The van der Waals surface area contributed by atoms with E-state index in [1.165, 1.54) is 31.2 Å². The Morgan fingerprint density at radius 2 is 1.73 bits per heavy atom. The molecule has 7 nitrogen and oxygen atoms in total. The molecule has 0 heterocycles. The Hall–Kier alpha value is -3.48. The highest BCUT2D eigenvalue weighted by molar-refractivity contribution is 6.08. The number of anilines is 1. The Balaban J connectivity index is 2.33. The van der Waals surface area contributed by atoms with E-state index in [-0.39, 0.29) is 11.4 Å². The first-order valence-corrected chi connectivity index (χ1v) is 7.88. The van der Waals surface area contributed by atoms with Gasteiger partial charge >= 0.3 is 0 Å². The molecule has 0 fully saturated rings. The quantitative estimate of drug-likeness (QED) is 0.489. The average molecular weight is 353 g/mol. The molecule has 26 heavy (non-hydrogen) atoms. The molecule has 2 amide bonds. The number of rotatable bonds is 5. The van der Waals surface area contributed by atoms with Gasteiger partial charge in [0.2, 0.25) is 5.91 Å². The van der Waals surface area contributed by atoms with Gasteiger partial charge in [-0.2, -0.15) is 0 Å². The molecule has 0 saturated carbocycles. The van der Waals surface area contributed by atoms with E-state index in [1.54, 1.807) is 6.07 Å². The highest BCUT2D eigenvalue weighted by Gasteiger charge is 2.13. The molecule has 2 aromatic carbocycles. The molecule has 7 heteroatoms. The Bertz CT molecular complexity index is 883. The third-order valence-electron chi connectivity index (χ3n) is 3.43. The van der Waals surface area contributed by atoms with Crippen molar-refractivity contribution in [2.24, 2.45) is 0 Å². The van der Waals surface area contributed by atoms with E-state index >= 15 is 0 Å². The Morgan fingerprint density at radius 1 is 1.08 bits per heavy atom. The van der Waals surface area contributed by atoms with Crippen molar-refractivity contribution in [2.45, 2.75) is 20.8 Å². The van der Waals surface area contributed by atoms with Crippen LogP contribution in [0.1, 0.15) is 23.6 Å². The molecule has 0 atom stereocenters. The SMILES string of the molecule is CC(=O)N/C(=C\c1cccc([N+](=O)[O-])c1)C(=O)Nc1cc(C)cc(C)c1. The Morgan fingerprint density at radius 3 is 2.31 bits per heavy atom. The number of non-ortho nitro benzene ring substituents is 1. The second-order valence-electron chi connectivity index (χ2n) is 5.92. The van der Waals surface area contributed by atoms with Gasteiger partial charge in [-0.15, -0.1) is 0 Å². The van der Waals surface area contributed by atoms with E-state index in [4.69, 9.17) is 0 Å². The van der Waals surface area contributed by atoms with Gasteiger partial charge in [-0.05, 0) is 48.7 Å². The standard InChI is InChI=1S/C19H19N3O4/c1-12-7-13(2)9-16(8-12)21-19(24)18(20-14(3)23)11-15-5-4-6-17(10-15)22(25)26/h4-11H,1-3H3,(H,20,23)(H,21,24)/b18-11-. The lowest BCUT2D eigenvalue weighted by atomic mass is 10.1. The van der Waals surface area contributed by atoms with E-state index in [9.17, 15) is 19.7 Å². The van der Waals surface area contributed by atoms with Crippen LogP contribution in [0, 0.1) is 24.0 Å². The van der Waals surface area contributed by atoms with Crippen LogP contribution in [0.2, 0.25) is 0 Å². The molecule has 134 valence electrons. The van der Waals surface area contributed by atoms with E-state index < -0.39 is 16.7 Å². The molecule has 0 radical (unpaired) electrons. The van der Waals surface area contributed by atoms with Gasteiger partial charge < -0.3 is 10.6 Å². The maximum absolute atomic E-state index is 12.6. The van der Waals surface area contributed by atoms with Crippen molar-refractivity contribution in [1.29, 1.82) is 0 Å². The zero-order valence-corrected chi connectivity index (χ0v) is 14.7. The van der Waals surface area contributed by atoms with Crippen molar-refractivity contribution in [1.82, 2.24) is 5.32 Å². The van der Waals surface area contributed by atoms with Crippen molar-refractivity contribution in [3.8, 4) is 0 Å². The minimum absolute atomic E-state index is 0.00263. The zero-order valence-electron chi connectivity index (χ0n) is 14.7. The van der Waals surface area contributed by atoms with Gasteiger partial charge in [-0.3, -0.25) is 19.7 Å². The summed E-state index contributed by atoms with van der Waals surface area (Å²) in [4.78, 5) is 34.4. The first kappa shape index (κ1) is 18.9. The summed E-state index contributed by atoms with van der Waals surface area (Å²) in [5.74, 6) is -0.936. The summed E-state index contributed by atoms with van der Waals surface area (Å²) in [5, 5.41) is 16.1. The minimum Gasteiger partial charge on any atom is -0.322 e. The van der Waals surface area contributed by atoms with Crippen LogP contribution in [0.3, 0.4) is 0 Å². The first-order chi connectivity index (χ1) is 12.2. The molecule has 0 aliphatic rings.